The number of carbonyl (C=O) groups excluding carboxylic acids is 1. The molecule has 1 heterocycles. The van der Waals surface area contributed by atoms with Crippen LogP contribution in [0.1, 0.15) is 23.4 Å². The van der Waals surface area contributed by atoms with Gasteiger partial charge in [0.25, 0.3) is 0 Å². The highest BCUT2D eigenvalue weighted by Crippen LogP contribution is 2.28. The largest absolute Gasteiger partial charge is 0.468 e. The Balaban J connectivity index is 2.83. The summed E-state index contributed by atoms with van der Waals surface area (Å²) in [5, 5.41) is 0. The number of esters is 1. The van der Waals surface area contributed by atoms with Crippen LogP contribution < -0.4 is 0 Å². The summed E-state index contributed by atoms with van der Waals surface area (Å²) in [6, 6.07) is 0. The lowest BCUT2D eigenvalue weighted by atomic mass is 10.5. The van der Waals surface area contributed by atoms with E-state index in [0.717, 1.165) is 0 Å². The average molecular weight is 209 g/mol. The van der Waals surface area contributed by atoms with Gasteiger partial charge in [-0.25, -0.2) is 9.78 Å². The predicted molar refractivity (Wildman–Crippen MR) is 37.5 cm³/mol. The highest BCUT2D eigenvalue weighted by Gasteiger charge is 2.37. The number of rotatable bonds is 2. The van der Waals surface area contributed by atoms with E-state index in [0.29, 0.717) is 6.20 Å². The second-order valence-electron chi connectivity index (χ2n) is 2.25. The van der Waals surface area contributed by atoms with E-state index in [1.54, 1.807) is 0 Å². The molecule has 0 aliphatic carbocycles. The topological polar surface area (TPSA) is 52.3 Å². The molecule has 0 saturated carbocycles. The van der Waals surface area contributed by atoms with E-state index in [1.807, 2.05) is 0 Å². The third-order valence-corrected chi connectivity index (χ3v) is 1.22. The maximum atomic E-state index is 11.9. The Morgan fingerprint density at radius 3 is 2.71 bits per heavy atom. The number of alkyl halides is 3. The maximum Gasteiger partial charge on any atom is 0.468 e. The van der Waals surface area contributed by atoms with Crippen LogP contribution in [-0.4, -0.2) is 17.6 Å². The van der Waals surface area contributed by atoms with Crippen molar-refractivity contribution in [2.45, 2.75) is 13.1 Å². The second kappa shape index (κ2) is 3.69. The number of carbonyl (C=O) groups is 1. The summed E-state index contributed by atoms with van der Waals surface area (Å²) in [6.07, 6.45) is -4.01. The molecule has 0 aliphatic rings. The van der Waals surface area contributed by atoms with Crippen LogP contribution in [0.4, 0.5) is 13.2 Å². The number of hydrogen-bond acceptors (Lipinski definition) is 4. The molecule has 0 aliphatic heterocycles. The van der Waals surface area contributed by atoms with E-state index in [-0.39, 0.29) is 6.61 Å². The van der Waals surface area contributed by atoms with Crippen molar-refractivity contribution >= 4 is 5.97 Å². The van der Waals surface area contributed by atoms with Crippen molar-refractivity contribution in [2.24, 2.45) is 0 Å². The van der Waals surface area contributed by atoms with E-state index < -0.39 is 23.8 Å². The molecule has 0 radical (unpaired) electrons. The highest BCUT2D eigenvalue weighted by molar-refractivity contribution is 5.85. The summed E-state index contributed by atoms with van der Waals surface area (Å²) in [6.45, 7) is 1.58. The average Bonchev–Trinajstić information content (AvgIpc) is 2.51. The van der Waals surface area contributed by atoms with Crippen molar-refractivity contribution in [1.29, 1.82) is 0 Å². The first kappa shape index (κ1) is 10.6. The summed E-state index contributed by atoms with van der Waals surface area (Å²) in [5.41, 5.74) is 0. The van der Waals surface area contributed by atoms with Gasteiger partial charge >= 0.3 is 18.0 Å². The molecule has 0 N–H and O–H groups in total. The van der Waals surface area contributed by atoms with Gasteiger partial charge in [-0.15, -0.1) is 0 Å². The van der Waals surface area contributed by atoms with Crippen LogP contribution in [-0.2, 0) is 10.9 Å². The van der Waals surface area contributed by atoms with Gasteiger partial charge in [0.05, 0.1) is 12.8 Å². The molecule has 7 heteroatoms. The zero-order valence-electron chi connectivity index (χ0n) is 7.09. The zero-order chi connectivity index (χ0) is 10.8. The molecule has 14 heavy (non-hydrogen) atoms. The fraction of sp³-hybridized carbons (Fsp3) is 0.429. The first-order valence-corrected chi connectivity index (χ1v) is 3.65. The molecule has 0 atom stereocenters. The molecule has 0 fully saturated rings. The summed E-state index contributed by atoms with van der Waals surface area (Å²) in [4.78, 5) is 13.8. The lowest BCUT2D eigenvalue weighted by Gasteiger charge is -1.99. The molecular weight excluding hydrogens is 203 g/mol. The minimum absolute atomic E-state index is 0.0564. The molecule has 78 valence electrons. The number of aromatic nitrogens is 1. The monoisotopic (exact) mass is 209 g/mol. The summed E-state index contributed by atoms with van der Waals surface area (Å²) < 4.78 is 44.4. The SMILES string of the molecule is CCOC(=O)c1cnc(C(F)(F)F)o1. The molecule has 0 saturated heterocycles. The van der Waals surface area contributed by atoms with Crippen molar-refractivity contribution in [3.8, 4) is 0 Å². The molecular formula is C7H6F3NO3. The van der Waals surface area contributed by atoms with Crippen LogP contribution in [0.2, 0.25) is 0 Å². The smallest absolute Gasteiger partial charge is 0.460 e. The van der Waals surface area contributed by atoms with E-state index in [2.05, 4.69) is 14.1 Å². The van der Waals surface area contributed by atoms with Gasteiger partial charge in [0.2, 0.25) is 5.76 Å². The fourth-order valence-electron chi connectivity index (χ4n) is 0.702. The van der Waals surface area contributed by atoms with Crippen molar-refractivity contribution < 1.29 is 27.1 Å². The first-order valence-electron chi connectivity index (χ1n) is 3.65. The molecule has 1 aromatic rings. The number of halogens is 3. The standard InChI is InChI=1S/C7H6F3NO3/c1-2-13-5(12)4-3-11-6(14-4)7(8,9)10/h3H,2H2,1H3. The predicted octanol–water partition coefficient (Wildman–Crippen LogP) is 1.87. The van der Waals surface area contributed by atoms with Crippen LogP contribution in [0.25, 0.3) is 0 Å². The van der Waals surface area contributed by atoms with Gasteiger partial charge in [0.15, 0.2) is 0 Å². The fourth-order valence-corrected chi connectivity index (χ4v) is 0.702. The summed E-state index contributed by atoms with van der Waals surface area (Å²) >= 11 is 0. The van der Waals surface area contributed by atoms with Crippen LogP contribution in [0.5, 0.6) is 0 Å². The lowest BCUT2D eigenvalue weighted by molar-refractivity contribution is -0.157. The molecule has 0 aromatic carbocycles. The number of oxazole rings is 1. The third kappa shape index (κ3) is 2.24. The minimum atomic E-state index is -4.69. The molecule has 0 amide bonds. The quantitative estimate of drug-likeness (QED) is 0.697. The lowest BCUT2D eigenvalue weighted by Crippen LogP contribution is -2.05. The Bertz CT molecular complexity index is 331. The highest BCUT2D eigenvalue weighted by atomic mass is 19.4. The van der Waals surface area contributed by atoms with Gasteiger partial charge in [0, 0.05) is 0 Å². The number of ether oxygens (including phenoxy) is 1. The van der Waals surface area contributed by atoms with Crippen LogP contribution in [0, 0.1) is 0 Å². The number of nitrogens with zero attached hydrogens (tertiary/aromatic N) is 1. The van der Waals surface area contributed by atoms with Gasteiger partial charge in [-0.3, -0.25) is 0 Å². The van der Waals surface area contributed by atoms with E-state index in [4.69, 9.17) is 0 Å². The Morgan fingerprint density at radius 2 is 2.29 bits per heavy atom. The second-order valence-corrected chi connectivity index (χ2v) is 2.25. The van der Waals surface area contributed by atoms with E-state index in [1.165, 1.54) is 6.92 Å². The van der Waals surface area contributed by atoms with Gasteiger partial charge in [-0.1, -0.05) is 0 Å². The molecule has 4 nitrogen and oxygen atoms in total. The zero-order valence-corrected chi connectivity index (χ0v) is 7.09. The molecule has 0 unspecified atom stereocenters. The van der Waals surface area contributed by atoms with E-state index in [9.17, 15) is 18.0 Å². The molecule has 1 rings (SSSR count). The molecule has 0 bridgehead atoms. The number of hydrogen-bond donors (Lipinski definition) is 0. The Kier molecular flexibility index (Phi) is 2.78. The van der Waals surface area contributed by atoms with Crippen molar-refractivity contribution in [3.63, 3.8) is 0 Å². The summed E-state index contributed by atoms with van der Waals surface area (Å²) in [5.74, 6) is -2.98. The van der Waals surface area contributed by atoms with Crippen LogP contribution in [0.3, 0.4) is 0 Å². The van der Waals surface area contributed by atoms with Crippen LogP contribution >= 0.6 is 0 Å². The first-order chi connectivity index (χ1) is 6.45. The van der Waals surface area contributed by atoms with Crippen LogP contribution in [0.15, 0.2) is 10.6 Å². The minimum Gasteiger partial charge on any atom is -0.460 e. The Morgan fingerprint density at radius 1 is 1.64 bits per heavy atom. The normalized spacial score (nSPS) is 11.4. The van der Waals surface area contributed by atoms with E-state index >= 15 is 0 Å². The third-order valence-electron chi connectivity index (χ3n) is 1.22. The van der Waals surface area contributed by atoms with Gasteiger partial charge in [-0.05, 0) is 6.92 Å². The van der Waals surface area contributed by atoms with Gasteiger partial charge < -0.3 is 9.15 Å². The molecule has 0 spiro atoms. The molecule has 1 aromatic heterocycles. The summed E-state index contributed by atoms with van der Waals surface area (Å²) in [7, 11) is 0. The van der Waals surface area contributed by atoms with Gasteiger partial charge in [0.1, 0.15) is 0 Å². The maximum absolute atomic E-state index is 11.9. The van der Waals surface area contributed by atoms with Crippen molar-refractivity contribution in [2.75, 3.05) is 6.61 Å². The van der Waals surface area contributed by atoms with Gasteiger partial charge in [-0.2, -0.15) is 13.2 Å². The Hall–Kier alpha value is -1.53. The van der Waals surface area contributed by atoms with Crippen molar-refractivity contribution in [3.05, 3.63) is 17.8 Å². The Labute approximate surface area is 76.7 Å². The van der Waals surface area contributed by atoms with Crippen molar-refractivity contribution in [1.82, 2.24) is 4.98 Å².